The van der Waals surface area contributed by atoms with Crippen LogP contribution in [-0.4, -0.2) is 30.1 Å². The second kappa shape index (κ2) is 7.51. The number of ether oxygens (including phenoxy) is 1. The van der Waals surface area contributed by atoms with Crippen molar-refractivity contribution in [1.82, 2.24) is 10.0 Å². The molecule has 5 nitrogen and oxygen atoms in total. The molecule has 0 fully saturated rings. The van der Waals surface area contributed by atoms with Crippen LogP contribution in [0.4, 0.5) is 0 Å². The highest BCUT2D eigenvalue weighted by molar-refractivity contribution is 6.32. The Hall–Kier alpha value is -2.63. The lowest BCUT2D eigenvalue weighted by molar-refractivity contribution is -0.0757. The van der Waals surface area contributed by atoms with Gasteiger partial charge in [0.1, 0.15) is 12.4 Å². The van der Waals surface area contributed by atoms with Gasteiger partial charge < -0.3 is 4.74 Å². The number of nitrogens with zero attached hydrogens (tertiary/aromatic N) is 2. The molecule has 0 aliphatic heterocycles. The quantitative estimate of drug-likeness (QED) is 0.646. The van der Waals surface area contributed by atoms with Crippen LogP contribution in [0.3, 0.4) is 0 Å². The monoisotopic (exact) mass is 356 g/mol. The molecule has 0 unspecified atom stereocenters. The van der Waals surface area contributed by atoms with E-state index in [2.05, 4.69) is 4.98 Å². The summed E-state index contributed by atoms with van der Waals surface area (Å²) in [5, 5.41) is 2.57. The number of carbonyl (C=O) groups excluding carboxylic acids is 1. The molecule has 0 bridgehead atoms. The van der Waals surface area contributed by atoms with Crippen molar-refractivity contribution in [2.24, 2.45) is 0 Å². The minimum Gasteiger partial charge on any atom is -0.486 e. The molecular formula is C19H17ClN2O3. The van der Waals surface area contributed by atoms with Crippen LogP contribution in [0.2, 0.25) is 5.02 Å². The summed E-state index contributed by atoms with van der Waals surface area (Å²) in [7, 11) is 2.96. The molecule has 0 aliphatic carbocycles. The van der Waals surface area contributed by atoms with Gasteiger partial charge in [0.25, 0.3) is 5.91 Å². The lowest BCUT2D eigenvalue weighted by Gasteiger charge is -2.14. The number of rotatable bonds is 5. The van der Waals surface area contributed by atoms with Crippen LogP contribution in [0.15, 0.2) is 54.6 Å². The van der Waals surface area contributed by atoms with Crippen LogP contribution >= 0.6 is 11.6 Å². The molecule has 1 heterocycles. The lowest BCUT2D eigenvalue weighted by Crippen LogP contribution is -2.25. The Bertz CT molecular complexity index is 914. The predicted molar refractivity (Wildman–Crippen MR) is 96.6 cm³/mol. The van der Waals surface area contributed by atoms with E-state index in [1.165, 1.54) is 14.2 Å². The number of fused-ring (bicyclic) bond motifs is 1. The average molecular weight is 357 g/mol. The number of para-hydroxylation sites is 1. The Balaban J connectivity index is 1.73. The van der Waals surface area contributed by atoms with Crippen molar-refractivity contribution in [3.8, 4) is 5.75 Å². The van der Waals surface area contributed by atoms with Gasteiger partial charge in [0.15, 0.2) is 0 Å². The third kappa shape index (κ3) is 3.90. The molecule has 0 saturated heterocycles. The SMILES string of the molecule is CON(C)C(=O)c1ccc(OCc2ccc3ccccc3n2)c(Cl)c1. The Labute approximate surface area is 150 Å². The largest absolute Gasteiger partial charge is 0.486 e. The standard InChI is InChI=1S/C19H17ClN2O3/c1-22(24-2)19(23)14-8-10-18(16(20)11-14)25-12-15-9-7-13-5-3-4-6-17(13)21-15/h3-11H,12H2,1-2H3. The first-order chi connectivity index (χ1) is 12.1. The van der Waals surface area contributed by atoms with Crippen LogP contribution in [-0.2, 0) is 11.4 Å². The summed E-state index contributed by atoms with van der Waals surface area (Å²) in [6, 6.07) is 16.7. The smallest absolute Gasteiger partial charge is 0.277 e. The highest BCUT2D eigenvalue weighted by atomic mass is 35.5. The normalized spacial score (nSPS) is 10.7. The summed E-state index contributed by atoms with van der Waals surface area (Å²) in [4.78, 5) is 21.5. The van der Waals surface area contributed by atoms with E-state index < -0.39 is 0 Å². The molecular weight excluding hydrogens is 340 g/mol. The Morgan fingerprint density at radius 3 is 2.72 bits per heavy atom. The molecule has 128 valence electrons. The summed E-state index contributed by atoms with van der Waals surface area (Å²) < 4.78 is 5.74. The van der Waals surface area contributed by atoms with Gasteiger partial charge in [0, 0.05) is 18.0 Å². The number of carbonyl (C=O) groups is 1. The zero-order valence-electron chi connectivity index (χ0n) is 13.9. The van der Waals surface area contributed by atoms with Gasteiger partial charge in [-0.2, -0.15) is 0 Å². The van der Waals surface area contributed by atoms with Gasteiger partial charge in [-0.3, -0.25) is 9.63 Å². The van der Waals surface area contributed by atoms with Crippen molar-refractivity contribution in [2.45, 2.75) is 6.61 Å². The maximum absolute atomic E-state index is 12.0. The first kappa shape index (κ1) is 17.2. The van der Waals surface area contributed by atoms with E-state index in [-0.39, 0.29) is 12.5 Å². The summed E-state index contributed by atoms with van der Waals surface area (Å²) in [5.74, 6) is 0.209. The summed E-state index contributed by atoms with van der Waals surface area (Å²) in [6.45, 7) is 0.288. The summed E-state index contributed by atoms with van der Waals surface area (Å²) in [6.07, 6.45) is 0. The van der Waals surface area contributed by atoms with E-state index in [1.54, 1.807) is 18.2 Å². The Kier molecular flexibility index (Phi) is 5.16. The fourth-order valence-electron chi connectivity index (χ4n) is 2.36. The van der Waals surface area contributed by atoms with Gasteiger partial charge in [-0.15, -0.1) is 0 Å². The molecule has 0 atom stereocenters. The first-order valence-corrected chi connectivity index (χ1v) is 8.05. The summed E-state index contributed by atoms with van der Waals surface area (Å²) in [5.41, 5.74) is 2.14. The molecule has 3 aromatic rings. The fraction of sp³-hybridized carbons (Fsp3) is 0.158. The zero-order valence-corrected chi connectivity index (χ0v) is 14.7. The van der Waals surface area contributed by atoms with Crippen LogP contribution in [0.1, 0.15) is 16.1 Å². The number of amides is 1. The van der Waals surface area contributed by atoms with E-state index in [4.69, 9.17) is 21.2 Å². The molecule has 6 heteroatoms. The molecule has 0 spiro atoms. The van der Waals surface area contributed by atoms with Crippen molar-refractivity contribution < 1.29 is 14.4 Å². The minimum atomic E-state index is -0.285. The van der Waals surface area contributed by atoms with Crippen molar-refractivity contribution in [1.29, 1.82) is 0 Å². The molecule has 0 radical (unpaired) electrons. The van der Waals surface area contributed by atoms with Gasteiger partial charge in [-0.05, 0) is 30.3 Å². The second-order valence-electron chi connectivity index (χ2n) is 5.41. The number of halogens is 1. The van der Waals surface area contributed by atoms with E-state index in [0.717, 1.165) is 21.7 Å². The number of hydroxylamine groups is 2. The molecule has 0 N–H and O–H groups in total. The van der Waals surface area contributed by atoms with Crippen LogP contribution in [0, 0.1) is 0 Å². The summed E-state index contributed by atoms with van der Waals surface area (Å²) >= 11 is 6.23. The van der Waals surface area contributed by atoms with Crippen molar-refractivity contribution in [3.05, 3.63) is 70.9 Å². The van der Waals surface area contributed by atoms with Gasteiger partial charge in [0.2, 0.25) is 0 Å². The van der Waals surface area contributed by atoms with Gasteiger partial charge in [-0.25, -0.2) is 10.0 Å². The molecule has 25 heavy (non-hydrogen) atoms. The topological polar surface area (TPSA) is 51.7 Å². The van der Waals surface area contributed by atoms with Crippen LogP contribution in [0.5, 0.6) is 5.75 Å². The van der Waals surface area contributed by atoms with Gasteiger partial charge in [-0.1, -0.05) is 35.9 Å². The van der Waals surface area contributed by atoms with Crippen LogP contribution < -0.4 is 4.74 Å². The first-order valence-electron chi connectivity index (χ1n) is 7.67. The minimum absolute atomic E-state index is 0.285. The van der Waals surface area contributed by atoms with Gasteiger partial charge in [0.05, 0.1) is 23.3 Å². The van der Waals surface area contributed by atoms with E-state index >= 15 is 0 Å². The Morgan fingerprint density at radius 1 is 1.16 bits per heavy atom. The Morgan fingerprint density at radius 2 is 1.96 bits per heavy atom. The molecule has 1 aromatic heterocycles. The third-order valence-electron chi connectivity index (χ3n) is 3.77. The van der Waals surface area contributed by atoms with E-state index in [1.807, 2.05) is 36.4 Å². The second-order valence-corrected chi connectivity index (χ2v) is 5.82. The zero-order chi connectivity index (χ0) is 17.8. The molecule has 2 aromatic carbocycles. The highest BCUT2D eigenvalue weighted by Gasteiger charge is 2.13. The van der Waals surface area contributed by atoms with Crippen LogP contribution in [0.25, 0.3) is 10.9 Å². The van der Waals surface area contributed by atoms with E-state index in [9.17, 15) is 4.79 Å². The number of pyridine rings is 1. The van der Waals surface area contributed by atoms with Crippen molar-refractivity contribution in [2.75, 3.05) is 14.2 Å². The predicted octanol–water partition coefficient (Wildman–Crippen LogP) is 4.10. The van der Waals surface area contributed by atoms with E-state index in [0.29, 0.717) is 16.3 Å². The van der Waals surface area contributed by atoms with Gasteiger partial charge >= 0.3 is 0 Å². The number of aromatic nitrogens is 1. The number of benzene rings is 2. The molecule has 3 rings (SSSR count). The van der Waals surface area contributed by atoms with Crippen molar-refractivity contribution in [3.63, 3.8) is 0 Å². The lowest BCUT2D eigenvalue weighted by atomic mass is 10.2. The maximum Gasteiger partial charge on any atom is 0.277 e. The average Bonchev–Trinajstić information content (AvgIpc) is 2.65. The molecule has 1 amide bonds. The third-order valence-corrected chi connectivity index (χ3v) is 4.07. The molecule has 0 saturated carbocycles. The maximum atomic E-state index is 12.0. The molecule has 0 aliphatic rings. The number of hydrogen-bond acceptors (Lipinski definition) is 4. The number of hydrogen-bond donors (Lipinski definition) is 0. The fourth-order valence-corrected chi connectivity index (χ4v) is 2.59. The highest BCUT2D eigenvalue weighted by Crippen LogP contribution is 2.27. The van der Waals surface area contributed by atoms with Crippen molar-refractivity contribution >= 4 is 28.4 Å².